The number of amides is 1. The number of carbonyl (C=O) groups excluding carboxylic acids is 1. The Labute approximate surface area is 463 Å². The molecule has 0 aliphatic carbocycles. The molecule has 3 aromatic carbocycles. The minimum absolute atomic E-state index is 0.00443. The van der Waals surface area contributed by atoms with Crippen LogP contribution in [0.4, 0.5) is 5.69 Å². The third kappa shape index (κ3) is 9.27. The number of aromatic nitrogens is 9. The van der Waals surface area contributed by atoms with Crippen molar-refractivity contribution in [3.05, 3.63) is 193 Å². The molecule has 13 rings (SSSR count). The van der Waals surface area contributed by atoms with Crippen molar-refractivity contribution in [2.45, 2.75) is 46.1 Å². The number of nitrogens with zero attached hydrogens (tertiary/aromatic N) is 6. The number of anilines is 1. The van der Waals surface area contributed by atoms with E-state index < -0.39 is 0 Å². The monoisotopic (exact) mass is 1050 g/mol. The van der Waals surface area contributed by atoms with E-state index in [4.69, 9.17) is 14.7 Å². The van der Waals surface area contributed by atoms with Crippen LogP contribution < -0.4 is 28.3 Å². The second-order valence-corrected chi connectivity index (χ2v) is 21.2. The smallest absolute Gasteiger partial charge is 0.224 e. The van der Waals surface area contributed by atoms with Gasteiger partial charge in [-0.1, -0.05) is 12.1 Å². The number of aryl methyl sites for hydroxylation is 6. The van der Waals surface area contributed by atoms with Crippen molar-refractivity contribution >= 4 is 90.5 Å². The molecule has 4 N–H and O–H groups in total. The lowest BCUT2D eigenvalue weighted by Crippen LogP contribution is -2.32. The zero-order chi connectivity index (χ0) is 54.6. The molecule has 392 valence electrons. The van der Waals surface area contributed by atoms with E-state index in [0.717, 1.165) is 132 Å². The van der Waals surface area contributed by atoms with Gasteiger partial charge in [0.1, 0.15) is 33.4 Å². The summed E-state index contributed by atoms with van der Waals surface area (Å²) in [7, 11) is 7.80. The van der Waals surface area contributed by atoms with Gasteiger partial charge in [-0.2, -0.15) is 0 Å². The summed E-state index contributed by atoms with van der Waals surface area (Å²) < 4.78 is 14.0. The van der Waals surface area contributed by atoms with E-state index in [-0.39, 0.29) is 5.91 Å². The first-order valence-electron chi connectivity index (χ1n) is 27.4. The summed E-state index contributed by atoms with van der Waals surface area (Å²) in [5.41, 5.74) is 20.6. The number of pyridine rings is 4. The van der Waals surface area contributed by atoms with Gasteiger partial charge in [0, 0.05) is 127 Å². The molecule has 0 atom stereocenters. The van der Waals surface area contributed by atoms with Crippen LogP contribution in [0, 0.1) is 13.8 Å². The molecule has 80 heavy (non-hydrogen) atoms. The van der Waals surface area contributed by atoms with Gasteiger partial charge in [-0.25, -0.2) is 28.2 Å². The Morgan fingerprint density at radius 2 is 0.975 bits per heavy atom. The lowest BCUT2D eigenvalue weighted by atomic mass is 9.97. The first-order chi connectivity index (χ1) is 39.0. The van der Waals surface area contributed by atoms with Crippen LogP contribution in [0.1, 0.15) is 59.6 Å². The van der Waals surface area contributed by atoms with Gasteiger partial charge in [-0.3, -0.25) is 4.79 Å². The first kappa shape index (κ1) is 49.7. The number of methoxy groups -OCH3 is 1. The number of rotatable bonds is 12. The molecule has 11 aromatic rings. The lowest BCUT2D eigenvalue weighted by Gasteiger charge is -2.09. The van der Waals surface area contributed by atoms with Crippen LogP contribution >= 0.6 is 0 Å². The Kier molecular flexibility index (Phi) is 12.8. The molecule has 12 heteroatoms. The Balaban J connectivity index is 0.814. The zero-order valence-corrected chi connectivity index (χ0v) is 45.9. The van der Waals surface area contributed by atoms with Crippen molar-refractivity contribution in [1.29, 1.82) is 0 Å². The van der Waals surface area contributed by atoms with E-state index in [0.29, 0.717) is 6.42 Å². The maximum absolute atomic E-state index is 13.5. The Morgan fingerprint density at radius 3 is 1.46 bits per heavy atom. The van der Waals surface area contributed by atoms with Gasteiger partial charge in [0.05, 0.1) is 35.4 Å². The number of ether oxygens (including phenoxy) is 1. The number of H-pyrrole nitrogens is 3. The molecule has 0 saturated heterocycles. The largest absolute Gasteiger partial charge is 0.497 e. The molecule has 0 saturated carbocycles. The maximum Gasteiger partial charge on any atom is 0.224 e. The summed E-state index contributed by atoms with van der Waals surface area (Å²) in [6.07, 6.45) is 28.5. The van der Waals surface area contributed by atoms with Gasteiger partial charge in [-0.05, 0) is 144 Å². The third-order valence-corrected chi connectivity index (χ3v) is 15.9. The van der Waals surface area contributed by atoms with Gasteiger partial charge >= 0.3 is 0 Å². The van der Waals surface area contributed by atoms with Gasteiger partial charge < -0.3 is 25.0 Å². The normalized spacial score (nSPS) is 12.1. The van der Waals surface area contributed by atoms with E-state index in [1.807, 2.05) is 53.0 Å². The maximum atomic E-state index is 13.5. The highest BCUT2D eigenvalue weighted by Gasteiger charge is 2.22. The summed E-state index contributed by atoms with van der Waals surface area (Å²) in [6, 6.07) is 38.0. The highest BCUT2D eigenvalue weighted by atomic mass is 16.5. The Bertz CT molecular complexity index is 4460. The van der Waals surface area contributed by atoms with Crippen molar-refractivity contribution < 1.29 is 27.8 Å². The molecule has 0 fully saturated rings. The predicted octanol–water partition coefficient (Wildman–Crippen LogP) is 12.7. The molecule has 0 spiro atoms. The number of benzene rings is 3. The van der Waals surface area contributed by atoms with E-state index in [2.05, 4.69) is 204 Å². The Morgan fingerprint density at radius 1 is 0.500 bits per heavy atom. The molecule has 0 unspecified atom stereocenters. The molecule has 1 amide bonds. The standard InChI is InChI=1S/C68H59N10O2/c1-42-52-41-78(39-31-50(52)43(2)68-63(42)51-40-49(80-6)15-16-53(51)74-68)32-9-7-8-10-62(79)69-48-13-11-44(12-14-48)64-54-17-19-56(70-54)65(45-25-33-75(3)34-26-45)58-21-23-60(72-58)67(47-29-37-77(5)38-30-47)61-24-22-59(73-61)66(57-20-18-55(64)71-57)46-27-35-76(4)36-28-46/h11-31,33-41H,7-10,32H2,1-6H3,(H-,69,70,71,72,73,79)/q+1/p+3. The minimum atomic E-state index is 0.00443. The molecule has 2 aliphatic rings. The number of hydrogen-bond donors (Lipinski definition) is 4. The van der Waals surface area contributed by atoms with E-state index in [1.54, 1.807) is 7.11 Å². The van der Waals surface area contributed by atoms with Crippen LogP contribution in [0.25, 0.3) is 123 Å². The van der Waals surface area contributed by atoms with Gasteiger partial charge in [0.25, 0.3) is 0 Å². The molecule has 0 radical (unpaired) electrons. The second-order valence-electron chi connectivity index (χ2n) is 21.2. The quantitative estimate of drug-likeness (QED) is 0.0718. The van der Waals surface area contributed by atoms with Crippen LogP contribution in [-0.4, -0.2) is 37.9 Å². The topological polar surface area (TPSA) is 127 Å². The molecule has 8 bridgehead atoms. The van der Waals surface area contributed by atoms with Crippen molar-refractivity contribution in [3.63, 3.8) is 0 Å². The number of nitrogens with one attached hydrogen (secondary N) is 4. The van der Waals surface area contributed by atoms with Crippen LogP contribution in [0.15, 0.2) is 159 Å². The SMILES string of the molecule is COc1ccc2[nH]c3c(C)c4cc[n+](CCCCCC(=O)Nc5ccc(-c6c7nc(c(-c8cc[n+](C)cc8)c8ccc([nH]8)c(-c8cc[n+](C)cc8)c8nc(c(-c9cc[n+](C)cc9)c9ccc6[nH]9)C=C8)C=C7)cc5)cc4c(C)c3c2c1. The average Bonchev–Trinajstić information content (AvgIpc) is 4.48. The zero-order valence-electron chi connectivity index (χ0n) is 45.9. The van der Waals surface area contributed by atoms with Crippen LogP contribution in [0.5, 0.6) is 5.75 Å². The van der Waals surface area contributed by atoms with Crippen molar-refractivity contribution in [2.75, 3.05) is 12.4 Å². The van der Waals surface area contributed by atoms with E-state index >= 15 is 0 Å². The fraction of sp³-hybridized carbons (Fsp3) is 0.162. The fourth-order valence-electron chi connectivity index (χ4n) is 11.7. The Hall–Kier alpha value is -9.81. The first-order valence-corrected chi connectivity index (χ1v) is 27.4. The number of carbonyl (C=O) groups is 1. The van der Waals surface area contributed by atoms with Gasteiger partial charge in [0.15, 0.2) is 49.6 Å². The summed E-state index contributed by atoms with van der Waals surface area (Å²) in [6.45, 7) is 5.30. The summed E-state index contributed by atoms with van der Waals surface area (Å²) in [5, 5.41) is 8.12. The highest BCUT2D eigenvalue weighted by molar-refractivity contribution is 6.16. The summed E-state index contributed by atoms with van der Waals surface area (Å²) in [4.78, 5) is 35.8. The van der Waals surface area contributed by atoms with Crippen LogP contribution in [0.2, 0.25) is 0 Å². The number of fused-ring (bicyclic) bond motifs is 12. The molecule has 8 aromatic heterocycles. The van der Waals surface area contributed by atoms with E-state index in [9.17, 15) is 4.79 Å². The van der Waals surface area contributed by atoms with E-state index in [1.165, 1.54) is 38.2 Å². The molecular formula is C68H62N10O2+4. The van der Waals surface area contributed by atoms with Crippen LogP contribution in [0.3, 0.4) is 0 Å². The number of hydrogen-bond acceptors (Lipinski definition) is 4. The molecular weight excluding hydrogens is 989 g/mol. The highest BCUT2D eigenvalue weighted by Crippen LogP contribution is 2.40. The molecule has 12 nitrogen and oxygen atoms in total. The van der Waals surface area contributed by atoms with Crippen molar-refractivity contribution in [2.24, 2.45) is 21.1 Å². The van der Waals surface area contributed by atoms with Crippen molar-refractivity contribution in [3.8, 4) is 50.3 Å². The molecule has 2 aliphatic heterocycles. The molecule has 10 heterocycles. The number of unbranched alkanes of at least 4 members (excludes halogenated alkanes) is 2. The lowest BCUT2D eigenvalue weighted by molar-refractivity contribution is -0.696. The third-order valence-electron chi connectivity index (χ3n) is 15.9. The summed E-state index contributed by atoms with van der Waals surface area (Å²) >= 11 is 0. The minimum Gasteiger partial charge on any atom is -0.497 e. The number of aromatic amines is 3. The van der Waals surface area contributed by atoms with Crippen molar-refractivity contribution in [1.82, 2.24) is 24.9 Å². The van der Waals surface area contributed by atoms with Gasteiger partial charge in [-0.15, -0.1) is 0 Å². The average molecular weight is 1050 g/mol. The fourth-order valence-corrected chi connectivity index (χ4v) is 11.7. The second kappa shape index (κ2) is 20.5. The van der Waals surface area contributed by atoms with Gasteiger partial charge in [0.2, 0.25) is 5.91 Å². The summed E-state index contributed by atoms with van der Waals surface area (Å²) in [5.74, 6) is 0.857. The predicted molar refractivity (Wildman–Crippen MR) is 321 cm³/mol. The van der Waals surface area contributed by atoms with Crippen LogP contribution in [-0.2, 0) is 32.5 Å².